The first-order valence-corrected chi connectivity index (χ1v) is 5.90. The van der Waals surface area contributed by atoms with Gasteiger partial charge in [-0.2, -0.15) is 4.57 Å². The molecule has 8 heteroatoms. The molecule has 0 saturated carbocycles. The maximum absolute atomic E-state index is 11.0. The Bertz CT molecular complexity index is 462. The summed E-state index contributed by atoms with van der Waals surface area (Å²) in [4.78, 5) is 11.0. The number of aliphatic hydroxyl groups excluding tert-OH is 1. The van der Waals surface area contributed by atoms with Crippen LogP contribution in [0.3, 0.4) is 0 Å². The fourth-order valence-corrected chi connectivity index (χ4v) is 1.10. The van der Waals surface area contributed by atoms with Gasteiger partial charge in [0.15, 0.2) is 12.7 Å². The van der Waals surface area contributed by atoms with Crippen LogP contribution in [0.15, 0.2) is 24.4 Å². The molecule has 0 aliphatic heterocycles. The van der Waals surface area contributed by atoms with Gasteiger partial charge < -0.3 is 9.66 Å². The fraction of sp³-hybridized carbons (Fsp3) is 0.333. The number of hydrogen-bond donors (Lipinski definition) is 2. The Balaban J connectivity index is 0.000000437. The molecule has 0 radical (unpaired) electrons. The predicted octanol–water partition coefficient (Wildman–Crippen LogP) is -0.826. The van der Waals surface area contributed by atoms with Crippen LogP contribution in [0.5, 0.6) is 0 Å². The minimum atomic E-state index is -4.92. The molecular weight excluding hydrogens is 250 g/mol. The summed E-state index contributed by atoms with van der Waals surface area (Å²) >= 11 is 0. The first-order chi connectivity index (χ1) is 7.75. The van der Waals surface area contributed by atoms with Gasteiger partial charge in [-0.15, -0.1) is 0 Å². The normalized spacial score (nSPS) is 10.4. The number of carbonyl (C=O) groups excluding carboxylic acids is 1. The van der Waals surface area contributed by atoms with Crippen LogP contribution >= 0.6 is 0 Å². The van der Waals surface area contributed by atoms with Crippen molar-refractivity contribution in [3.8, 4) is 0 Å². The van der Waals surface area contributed by atoms with Crippen molar-refractivity contribution in [3.05, 3.63) is 30.1 Å². The molecule has 0 bridgehead atoms. The zero-order valence-electron chi connectivity index (χ0n) is 9.11. The van der Waals surface area contributed by atoms with Crippen LogP contribution in [0.1, 0.15) is 17.4 Å². The third kappa shape index (κ3) is 8.46. The van der Waals surface area contributed by atoms with E-state index in [1.165, 1.54) is 6.92 Å². The summed E-state index contributed by atoms with van der Waals surface area (Å²) in [6.07, 6.45) is 1.78. The van der Waals surface area contributed by atoms with Crippen molar-refractivity contribution in [1.82, 2.24) is 0 Å². The number of aliphatic hydroxyl groups is 1. The van der Waals surface area contributed by atoms with E-state index in [0.717, 1.165) is 0 Å². The number of hydrogen-bond acceptors (Lipinski definition) is 5. The van der Waals surface area contributed by atoms with E-state index in [0.29, 0.717) is 12.2 Å². The summed E-state index contributed by atoms with van der Waals surface area (Å²) in [5.41, 5.74) is 0.631. The molecule has 0 amide bonds. The highest BCUT2D eigenvalue weighted by atomic mass is 32.3. The maximum Gasteiger partial charge on any atom is 0.248 e. The standard InChI is InChI=1S/C9H12NO2.H2O4S/c1-8(12)9-4-2-3-5-10(9)6-7-11;1-5(2,3)4/h2-5,11H,6-7H2,1H3;(H2,1,2,3,4)/q+1;/p-1. The van der Waals surface area contributed by atoms with E-state index in [4.69, 9.17) is 22.6 Å². The van der Waals surface area contributed by atoms with E-state index in [2.05, 4.69) is 0 Å². The number of Topliss-reactive ketones (excluding diaryl/α,β-unsaturated/α-hetero) is 1. The maximum atomic E-state index is 11.0. The van der Waals surface area contributed by atoms with Crippen LogP contribution in [-0.2, 0) is 16.9 Å². The minimum Gasteiger partial charge on any atom is -0.726 e. The number of rotatable bonds is 3. The summed E-state index contributed by atoms with van der Waals surface area (Å²) in [6.45, 7) is 2.04. The van der Waals surface area contributed by atoms with Crippen molar-refractivity contribution < 1.29 is 32.0 Å². The van der Waals surface area contributed by atoms with Crippen LogP contribution in [0, 0.1) is 0 Å². The molecule has 0 aliphatic carbocycles. The predicted molar refractivity (Wildman–Crippen MR) is 56.1 cm³/mol. The topological polar surface area (TPSA) is 119 Å². The highest BCUT2D eigenvalue weighted by molar-refractivity contribution is 7.79. The Morgan fingerprint density at radius 1 is 1.47 bits per heavy atom. The summed E-state index contributed by atoms with van der Waals surface area (Å²) in [7, 11) is -4.92. The molecule has 1 rings (SSSR count). The molecule has 1 aromatic rings. The highest BCUT2D eigenvalue weighted by Crippen LogP contribution is 1.91. The Morgan fingerprint density at radius 3 is 2.41 bits per heavy atom. The number of nitrogens with zero attached hydrogens (tertiary/aromatic N) is 1. The molecule has 0 spiro atoms. The van der Waals surface area contributed by atoms with Crippen molar-refractivity contribution in [3.63, 3.8) is 0 Å². The molecule has 1 heterocycles. The molecule has 0 atom stereocenters. The summed E-state index contributed by atoms with van der Waals surface area (Å²) in [6, 6.07) is 5.39. The van der Waals surface area contributed by atoms with Crippen molar-refractivity contribution in [2.75, 3.05) is 6.61 Å². The zero-order valence-corrected chi connectivity index (χ0v) is 9.92. The first kappa shape index (κ1) is 15.7. The monoisotopic (exact) mass is 263 g/mol. The van der Waals surface area contributed by atoms with Crippen LogP contribution in [-0.4, -0.2) is 35.0 Å². The number of pyridine rings is 1. The van der Waals surface area contributed by atoms with Crippen molar-refractivity contribution >= 4 is 16.2 Å². The van der Waals surface area contributed by atoms with Gasteiger partial charge in [0.25, 0.3) is 0 Å². The third-order valence-corrected chi connectivity index (χ3v) is 1.64. The molecule has 0 aromatic carbocycles. The van der Waals surface area contributed by atoms with Gasteiger partial charge in [0.05, 0.1) is 0 Å². The second kappa shape index (κ2) is 7.07. The van der Waals surface area contributed by atoms with Crippen molar-refractivity contribution in [2.24, 2.45) is 0 Å². The highest BCUT2D eigenvalue weighted by Gasteiger charge is 2.12. The molecule has 17 heavy (non-hydrogen) atoms. The lowest BCUT2D eigenvalue weighted by Gasteiger charge is -1.97. The van der Waals surface area contributed by atoms with Crippen LogP contribution in [0.2, 0.25) is 0 Å². The lowest BCUT2D eigenvalue weighted by Crippen LogP contribution is -2.40. The third-order valence-electron chi connectivity index (χ3n) is 1.64. The smallest absolute Gasteiger partial charge is 0.248 e. The van der Waals surface area contributed by atoms with E-state index in [-0.39, 0.29) is 12.4 Å². The molecule has 1 aromatic heterocycles. The Hall–Kier alpha value is -1.35. The Morgan fingerprint density at radius 2 is 2.00 bits per heavy atom. The van der Waals surface area contributed by atoms with E-state index < -0.39 is 10.4 Å². The summed E-state index contributed by atoms with van der Waals surface area (Å²) < 4.78 is 34.6. The average Bonchev–Trinajstić information content (AvgIpc) is 2.16. The quantitative estimate of drug-likeness (QED) is 0.318. The van der Waals surface area contributed by atoms with Crippen molar-refractivity contribution in [2.45, 2.75) is 13.5 Å². The number of carbonyl (C=O) groups is 1. The number of ketones is 1. The van der Waals surface area contributed by atoms with Gasteiger partial charge in [-0.1, -0.05) is 0 Å². The van der Waals surface area contributed by atoms with E-state index in [9.17, 15) is 4.79 Å². The van der Waals surface area contributed by atoms with Gasteiger partial charge in [-0.3, -0.25) is 9.35 Å². The fourth-order valence-electron chi connectivity index (χ4n) is 1.10. The number of aromatic nitrogens is 1. The van der Waals surface area contributed by atoms with E-state index in [1.807, 2.05) is 12.1 Å². The lowest BCUT2D eigenvalue weighted by molar-refractivity contribution is -0.699. The molecule has 7 nitrogen and oxygen atoms in total. The van der Waals surface area contributed by atoms with Crippen LogP contribution < -0.4 is 4.57 Å². The summed E-state index contributed by atoms with van der Waals surface area (Å²) in [5.74, 6) is 0.0176. The largest absolute Gasteiger partial charge is 0.726 e. The molecule has 0 saturated heterocycles. The second-order valence-electron chi connectivity index (χ2n) is 2.99. The van der Waals surface area contributed by atoms with Gasteiger partial charge in [0.1, 0.15) is 6.61 Å². The first-order valence-electron chi connectivity index (χ1n) is 4.54. The molecule has 0 aliphatic rings. The van der Waals surface area contributed by atoms with Gasteiger partial charge in [-0.25, -0.2) is 8.42 Å². The van der Waals surface area contributed by atoms with Gasteiger partial charge >= 0.3 is 0 Å². The van der Waals surface area contributed by atoms with E-state index >= 15 is 0 Å². The van der Waals surface area contributed by atoms with Gasteiger partial charge in [-0.05, 0) is 6.07 Å². The SMILES string of the molecule is CC(=O)c1cccc[n+]1CCO.O=S(=O)([O-])O. The van der Waals surface area contributed by atoms with Gasteiger partial charge in [0.2, 0.25) is 21.9 Å². The molecule has 0 unspecified atom stereocenters. The molecule has 0 fully saturated rings. The summed E-state index contributed by atoms with van der Waals surface area (Å²) in [5, 5.41) is 8.69. The molecule has 2 N–H and O–H groups in total. The van der Waals surface area contributed by atoms with Crippen LogP contribution in [0.25, 0.3) is 0 Å². The Labute approximate surface area is 98.9 Å². The minimum absolute atomic E-state index is 0.0176. The van der Waals surface area contributed by atoms with E-state index in [1.54, 1.807) is 16.8 Å². The van der Waals surface area contributed by atoms with Gasteiger partial charge in [0, 0.05) is 19.1 Å². The lowest BCUT2D eigenvalue weighted by atomic mass is 10.2. The second-order valence-corrected chi connectivity index (χ2v) is 3.84. The molecular formula is C9H13NO6S. The molecule has 96 valence electrons. The van der Waals surface area contributed by atoms with Crippen LogP contribution in [0.4, 0.5) is 0 Å². The average molecular weight is 263 g/mol. The van der Waals surface area contributed by atoms with Crippen molar-refractivity contribution in [1.29, 1.82) is 0 Å². The zero-order chi connectivity index (χ0) is 13.5. The Kier molecular flexibility index (Phi) is 6.51.